The van der Waals surface area contributed by atoms with E-state index in [1.165, 1.54) is 10.6 Å². The van der Waals surface area contributed by atoms with E-state index in [9.17, 15) is 18.0 Å². The highest BCUT2D eigenvalue weighted by molar-refractivity contribution is 7.88. The van der Waals surface area contributed by atoms with Gasteiger partial charge in [-0.2, -0.15) is 0 Å². The highest BCUT2D eigenvalue weighted by Gasteiger charge is 2.26. The first kappa shape index (κ1) is 19.4. The van der Waals surface area contributed by atoms with Crippen LogP contribution in [0.1, 0.15) is 29.2 Å². The molecule has 2 aromatic heterocycles. The van der Waals surface area contributed by atoms with Crippen molar-refractivity contribution in [3.8, 4) is 0 Å². The quantitative estimate of drug-likeness (QED) is 0.785. The molecule has 27 heavy (non-hydrogen) atoms. The minimum absolute atomic E-state index is 0.0785. The van der Waals surface area contributed by atoms with E-state index in [1.54, 1.807) is 35.4 Å². The summed E-state index contributed by atoms with van der Waals surface area (Å²) in [5.74, 6) is 0.616. The third kappa shape index (κ3) is 5.30. The van der Waals surface area contributed by atoms with Gasteiger partial charge in [0, 0.05) is 31.9 Å². The Kier molecular flexibility index (Phi) is 5.81. The summed E-state index contributed by atoms with van der Waals surface area (Å²) in [6.07, 6.45) is 4.47. The van der Waals surface area contributed by atoms with Crippen LogP contribution in [0.25, 0.3) is 0 Å². The van der Waals surface area contributed by atoms with Crippen LogP contribution in [0.4, 0.5) is 0 Å². The van der Waals surface area contributed by atoms with E-state index < -0.39 is 10.0 Å². The summed E-state index contributed by atoms with van der Waals surface area (Å²) in [7, 11) is -3.24. The molecule has 1 fully saturated rings. The molecule has 0 spiro atoms. The molecule has 1 saturated heterocycles. The number of hydrogen-bond donors (Lipinski definition) is 1. The van der Waals surface area contributed by atoms with Crippen LogP contribution < -0.4 is 10.3 Å². The maximum Gasteiger partial charge on any atom is 0.289 e. The van der Waals surface area contributed by atoms with Crippen molar-refractivity contribution in [2.75, 3.05) is 25.9 Å². The molecule has 0 bridgehead atoms. The summed E-state index contributed by atoms with van der Waals surface area (Å²) in [5, 5.41) is 0. The number of rotatable bonds is 6. The summed E-state index contributed by atoms with van der Waals surface area (Å²) in [6, 6.07) is 8.20. The summed E-state index contributed by atoms with van der Waals surface area (Å²) in [5.41, 5.74) is -0.140. The van der Waals surface area contributed by atoms with Crippen LogP contribution in [0.2, 0.25) is 0 Å². The minimum Gasteiger partial charge on any atom is -0.454 e. The maximum atomic E-state index is 12.7. The van der Waals surface area contributed by atoms with Crippen molar-refractivity contribution < 1.29 is 17.6 Å². The summed E-state index contributed by atoms with van der Waals surface area (Å²) in [4.78, 5) is 26.2. The van der Waals surface area contributed by atoms with Crippen LogP contribution in [0.5, 0.6) is 0 Å². The van der Waals surface area contributed by atoms with E-state index in [2.05, 4.69) is 4.72 Å². The summed E-state index contributed by atoms with van der Waals surface area (Å²) in [6.45, 7) is 1.68. The molecule has 1 N–H and O–H groups in total. The summed E-state index contributed by atoms with van der Waals surface area (Å²) < 4.78 is 32.2. The first-order valence-electron chi connectivity index (χ1n) is 8.80. The lowest BCUT2D eigenvalue weighted by molar-refractivity contribution is 0.0642. The molecular weight excluding hydrogens is 370 g/mol. The number of carbonyl (C=O) groups excluding carboxylic acids is 1. The molecule has 1 amide bonds. The number of nitrogens with zero attached hydrogens (tertiary/aromatic N) is 2. The smallest absolute Gasteiger partial charge is 0.289 e. The van der Waals surface area contributed by atoms with E-state index in [-0.39, 0.29) is 29.7 Å². The molecule has 0 saturated carbocycles. The SMILES string of the molecule is CS(=O)(=O)NC[C@H]1CCCN(C(=O)c2ccc(Cn3ccccc3=O)o2)C1. The van der Waals surface area contributed by atoms with Crippen LogP contribution in [0.15, 0.2) is 45.7 Å². The maximum absolute atomic E-state index is 12.7. The number of amides is 1. The standard InChI is InChI=1S/C18H23N3O5S/c1-27(24,25)19-11-14-5-4-10-21(12-14)18(23)16-8-7-15(26-16)13-20-9-3-2-6-17(20)22/h2-3,6-9,14,19H,4-5,10-13H2,1H3/t14-/m1/s1. The van der Waals surface area contributed by atoms with E-state index in [4.69, 9.17) is 4.42 Å². The molecule has 0 aromatic carbocycles. The van der Waals surface area contributed by atoms with Gasteiger partial charge in [0.2, 0.25) is 10.0 Å². The highest BCUT2D eigenvalue weighted by Crippen LogP contribution is 2.19. The number of carbonyl (C=O) groups is 1. The first-order chi connectivity index (χ1) is 12.8. The van der Waals surface area contributed by atoms with E-state index in [0.717, 1.165) is 19.1 Å². The lowest BCUT2D eigenvalue weighted by atomic mass is 9.98. The Morgan fingerprint density at radius 1 is 1.30 bits per heavy atom. The van der Waals surface area contributed by atoms with E-state index >= 15 is 0 Å². The zero-order chi connectivity index (χ0) is 19.4. The van der Waals surface area contributed by atoms with Gasteiger partial charge in [0.25, 0.3) is 11.5 Å². The Hall–Kier alpha value is -2.39. The number of nitrogens with one attached hydrogen (secondary N) is 1. The van der Waals surface area contributed by atoms with Crippen molar-refractivity contribution in [3.63, 3.8) is 0 Å². The van der Waals surface area contributed by atoms with Crippen LogP contribution in [-0.4, -0.2) is 49.7 Å². The second kappa shape index (κ2) is 8.10. The highest BCUT2D eigenvalue weighted by atomic mass is 32.2. The normalized spacial score (nSPS) is 17.8. The molecule has 146 valence electrons. The number of sulfonamides is 1. The van der Waals surface area contributed by atoms with Crippen LogP contribution in [0, 0.1) is 5.92 Å². The van der Waals surface area contributed by atoms with Crippen molar-refractivity contribution in [2.45, 2.75) is 19.4 Å². The van der Waals surface area contributed by atoms with Crippen molar-refractivity contribution in [1.29, 1.82) is 0 Å². The van der Waals surface area contributed by atoms with Gasteiger partial charge in [-0.25, -0.2) is 13.1 Å². The zero-order valence-corrected chi connectivity index (χ0v) is 15.9. The lowest BCUT2D eigenvalue weighted by Crippen LogP contribution is -2.43. The Morgan fingerprint density at radius 2 is 2.11 bits per heavy atom. The molecule has 3 rings (SSSR count). The van der Waals surface area contributed by atoms with E-state index in [0.29, 0.717) is 25.4 Å². The van der Waals surface area contributed by atoms with Crippen LogP contribution >= 0.6 is 0 Å². The number of piperidine rings is 1. The molecular formula is C18H23N3O5S. The largest absolute Gasteiger partial charge is 0.454 e. The number of pyridine rings is 1. The fourth-order valence-corrected chi connectivity index (χ4v) is 3.72. The Labute approximate surface area is 157 Å². The van der Waals surface area contributed by atoms with Gasteiger partial charge in [0.1, 0.15) is 5.76 Å². The molecule has 9 heteroatoms. The number of likely N-dealkylation sites (tertiary alicyclic amines) is 1. The van der Waals surface area contributed by atoms with Gasteiger partial charge in [-0.3, -0.25) is 9.59 Å². The fourth-order valence-electron chi connectivity index (χ4n) is 3.18. The molecule has 1 aliphatic rings. The predicted molar refractivity (Wildman–Crippen MR) is 100.0 cm³/mol. The van der Waals surface area contributed by atoms with Crippen molar-refractivity contribution in [1.82, 2.24) is 14.2 Å². The van der Waals surface area contributed by atoms with Gasteiger partial charge in [-0.05, 0) is 37.0 Å². The second-order valence-electron chi connectivity index (χ2n) is 6.81. The molecule has 2 aromatic rings. The van der Waals surface area contributed by atoms with Gasteiger partial charge < -0.3 is 13.9 Å². The number of hydrogen-bond acceptors (Lipinski definition) is 5. The monoisotopic (exact) mass is 393 g/mol. The van der Waals surface area contributed by atoms with Crippen molar-refractivity contribution in [2.24, 2.45) is 5.92 Å². The average molecular weight is 393 g/mol. The first-order valence-corrected chi connectivity index (χ1v) is 10.7. The van der Waals surface area contributed by atoms with Gasteiger partial charge in [0.15, 0.2) is 5.76 Å². The van der Waals surface area contributed by atoms with Gasteiger partial charge in [0.05, 0.1) is 12.8 Å². The van der Waals surface area contributed by atoms with Crippen LogP contribution in [-0.2, 0) is 16.6 Å². The Balaban J connectivity index is 1.63. The molecule has 0 radical (unpaired) electrons. The van der Waals surface area contributed by atoms with Crippen molar-refractivity contribution >= 4 is 15.9 Å². The molecule has 1 atom stereocenters. The van der Waals surface area contributed by atoms with Crippen LogP contribution in [0.3, 0.4) is 0 Å². The predicted octanol–water partition coefficient (Wildman–Crippen LogP) is 0.891. The summed E-state index contributed by atoms with van der Waals surface area (Å²) >= 11 is 0. The topological polar surface area (TPSA) is 102 Å². The van der Waals surface area contributed by atoms with E-state index in [1.807, 2.05) is 0 Å². The average Bonchev–Trinajstić information content (AvgIpc) is 3.09. The minimum atomic E-state index is -3.24. The Morgan fingerprint density at radius 3 is 2.85 bits per heavy atom. The third-order valence-electron chi connectivity index (χ3n) is 4.54. The molecule has 8 nitrogen and oxygen atoms in total. The fraction of sp³-hybridized carbons (Fsp3) is 0.444. The molecule has 0 unspecified atom stereocenters. The third-order valence-corrected chi connectivity index (χ3v) is 5.23. The lowest BCUT2D eigenvalue weighted by Gasteiger charge is -2.32. The van der Waals surface area contributed by atoms with Gasteiger partial charge in [-0.1, -0.05) is 6.07 Å². The number of furan rings is 1. The van der Waals surface area contributed by atoms with Crippen molar-refractivity contribution in [3.05, 3.63) is 58.4 Å². The molecule has 1 aliphatic heterocycles. The van der Waals surface area contributed by atoms with Gasteiger partial charge in [-0.15, -0.1) is 0 Å². The molecule has 3 heterocycles. The number of aromatic nitrogens is 1. The Bertz CT molecular complexity index is 963. The molecule has 0 aliphatic carbocycles. The second-order valence-corrected chi connectivity index (χ2v) is 8.65. The van der Waals surface area contributed by atoms with Gasteiger partial charge >= 0.3 is 0 Å². The zero-order valence-electron chi connectivity index (χ0n) is 15.1.